The highest BCUT2D eigenvalue weighted by Crippen LogP contribution is 2.36. The number of anilines is 4. The molecule has 3 aromatic rings. The van der Waals surface area contributed by atoms with Crippen LogP contribution >= 0.6 is 23.2 Å². The van der Waals surface area contributed by atoms with E-state index in [4.69, 9.17) is 40.6 Å². The van der Waals surface area contributed by atoms with Gasteiger partial charge in [0.25, 0.3) is 0 Å². The van der Waals surface area contributed by atoms with Crippen LogP contribution in [0, 0.1) is 10.1 Å². The minimum atomic E-state index is -4.97. The number of alkyl halides is 3. The Labute approximate surface area is 216 Å². The van der Waals surface area contributed by atoms with Crippen molar-refractivity contribution in [2.75, 3.05) is 34.5 Å². The van der Waals surface area contributed by atoms with Crippen LogP contribution in [0.25, 0.3) is 11.3 Å². The van der Waals surface area contributed by atoms with E-state index >= 15 is 0 Å². The van der Waals surface area contributed by atoms with Crippen LogP contribution in [0.2, 0.25) is 10.0 Å². The average molecular weight is 560 g/mol. The lowest BCUT2D eigenvalue weighted by Crippen LogP contribution is -2.47. The van der Waals surface area contributed by atoms with Crippen LogP contribution < -0.4 is 33.1 Å². The van der Waals surface area contributed by atoms with E-state index in [1.807, 2.05) is 0 Å². The quantitative estimate of drug-likeness (QED) is 0.0676. The summed E-state index contributed by atoms with van der Waals surface area (Å²) in [5.74, 6) is 9.08. The summed E-state index contributed by atoms with van der Waals surface area (Å²) in [6, 6.07) is 6.89. The van der Waals surface area contributed by atoms with Crippen LogP contribution in [0.3, 0.4) is 0 Å². The van der Waals surface area contributed by atoms with Crippen molar-refractivity contribution in [1.82, 2.24) is 15.0 Å². The third kappa shape index (κ3) is 6.54. The summed E-state index contributed by atoms with van der Waals surface area (Å²) in [7, 11) is 0. The summed E-state index contributed by atoms with van der Waals surface area (Å²) in [6.07, 6.45) is -3.93. The van der Waals surface area contributed by atoms with E-state index in [0.29, 0.717) is 5.02 Å². The molecule has 0 saturated heterocycles. The number of pyridine rings is 1. The van der Waals surface area contributed by atoms with Crippen LogP contribution in [-0.2, 0) is 0 Å². The predicted molar refractivity (Wildman–Crippen MR) is 134 cm³/mol. The number of hydrazine groups is 1. The van der Waals surface area contributed by atoms with Gasteiger partial charge in [-0.2, -0.15) is 18.3 Å². The lowest BCUT2D eigenvalue weighted by Gasteiger charge is -2.23. The highest BCUT2D eigenvalue weighted by atomic mass is 35.5. The van der Waals surface area contributed by atoms with Gasteiger partial charge in [-0.1, -0.05) is 23.2 Å². The van der Waals surface area contributed by atoms with Crippen LogP contribution in [-0.4, -0.2) is 45.0 Å². The predicted octanol–water partition coefficient (Wildman–Crippen LogP) is 3.37. The molecule has 0 atom stereocenters. The highest BCUT2D eigenvalue weighted by molar-refractivity contribution is 6.36. The van der Waals surface area contributed by atoms with E-state index in [2.05, 4.69) is 30.7 Å². The van der Waals surface area contributed by atoms with Crippen molar-refractivity contribution in [2.45, 2.75) is 6.18 Å². The van der Waals surface area contributed by atoms with Gasteiger partial charge in [0.1, 0.15) is 17.2 Å². The number of nitrogens with two attached hydrogens (primary N) is 3. The summed E-state index contributed by atoms with van der Waals surface area (Å²) in [6.45, 7) is 0.448. The monoisotopic (exact) mass is 559 g/mol. The van der Waals surface area contributed by atoms with Gasteiger partial charge in [-0.25, -0.2) is 20.8 Å². The van der Waals surface area contributed by atoms with Crippen LogP contribution in [0.15, 0.2) is 41.6 Å². The minimum Gasteiger partial charge on any atom is -0.378 e. The van der Waals surface area contributed by atoms with Gasteiger partial charge in [0, 0.05) is 29.7 Å². The first-order valence-corrected chi connectivity index (χ1v) is 10.8. The van der Waals surface area contributed by atoms with Gasteiger partial charge >= 0.3 is 11.9 Å². The molecule has 0 aliphatic rings. The van der Waals surface area contributed by atoms with Crippen molar-refractivity contribution >= 4 is 58.0 Å². The molecule has 0 bridgehead atoms. The largest absolute Gasteiger partial charge is 0.452 e. The van der Waals surface area contributed by atoms with Crippen LogP contribution in [0.1, 0.15) is 0 Å². The number of nitrogens with one attached hydrogen (secondary N) is 2. The maximum Gasteiger partial charge on any atom is 0.452 e. The van der Waals surface area contributed by atoms with E-state index < -0.39 is 16.9 Å². The average Bonchev–Trinajstić information content (AvgIpc) is 2.81. The normalized spacial score (nSPS) is 11.8. The Kier molecular flexibility index (Phi) is 8.36. The summed E-state index contributed by atoms with van der Waals surface area (Å²) in [5, 5.41) is 20.0. The Hall–Kier alpha value is -4.15. The van der Waals surface area contributed by atoms with Gasteiger partial charge in [0.15, 0.2) is 0 Å². The zero-order valence-corrected chi connectivity index (χ0v) is 20.0. The molecule has 3 rings (SSSR count). The molecule has 8 N–H and O–H groups in total. The Morgan fingerprint density at radius 2 is 1.86 bits per heavy atom. The summed E-state index contributed by atoms with van der Waals surface area (Å²) >= 11 is 12.2. The van der Waals surface area contributed by atoms with Gasteiger partial charge < -0.3 is 22.2 Å². The fourth-order valence-electron chi connectivity index (χ4n) is 2.99. The molecule has 37 heavy (non-hydrogen) atoms. The second-order valence-corrected chi connectivity index (χ2v) is 7.93. The third-order valence-corrected chi connectivity index (χ3v) is 5.18. The van der Waals surface area contributed by atoms with E-state index in [-0.39, 0.29) is 63.3 Å². The molecule has 1 aromatic carbocycles. The standard InChI is InChI=1S/C19H18Cl2F3N11O2/c20-9-1-2-10(11(21)7-9)15-13(34(27)17(33-26)19(22,23)24)8-30-18(32-15)29-6-5-28-14-4-3-12(35(36)37)16(25)31-14/h1-4,7-8H,5-6,26-27H2,(H3,25,28,31)(H,29,30,32). The van der Waals surface area contributed by atoms with Crippen LogP contribution in [0.4, 0.5) is 42.1 Å². The fraction of sp³-hybridized carbons (Fsp3) is 0.158. The highest BCUT2D eigenvalue weighted by Gasteiger charge is 2.41. The van der Waals surface area contributed by atoms with Gasteiger partial charge in [0.2, 0.25) is 17.6 Å². The molecule has 0 aliphatic carbocycles. The van der Waals surface area contributed by atoms with Crippen molar-refractivity contribution < 1.29 is 18.1 Å². The van der Waals surface area contributed by atoms with Crippen molar-refractivity contribution in [3.05, 3.63) is 56.7 Å². The summed E-state index contributed by atoms with van der Waals surface area (Å²) in [4.78, 5) is 22.4. The first-order chi connectivity index (χ1) is 17.4. The van der Waals surface area contributed by atoms with Crippen molar-refractivity contribution in [3.63, 3.8) is 0 Å². The molecule has 0 aliphatic heterocycles. The number of halogens is 5. The Morgan fingerprint density at radius 3 is 2.46 bits per heavy atom. The minimum absolute atomic E-state index is 0.0226. The second kappa shape index (κ2) is 11.3. The van der Waals surface area contributed by atoms with E-state index in [9.17, 15) is 23.3 Å². The SMILES string of the molecule is NN=C(N(N)c1cnc(NCCNc2ccc([N+](=O)[O-])c(N)n2)nc1-c1ccc(Cl)cc1Cl)C(F)(F)F. The number of aromatic nitrogens is 3. The number of amidine groups is 1. The van der Waals surface area contributed by atoms with E-state index in [1.54, 1.807) is 0 Å². The van der Waals surface area contributed by atoms with Crippen molar-refractivity contribution in [1.29, 1.82) is 0 Å². The molecule has 2 heterocycles. The maximum atomic E-state index is 13.4. The maximum absolute atomic E-state index is 13.4. The lowest BCUT2D eigenvalue weighted by atomic mass is 10.1. The molecule has 0 fully saturated rings. The number of nitrogen functional groups attached to an aromatic ring is 1. The number of nitro groups is 1. The molecule has 0 amide bonds. The Bertz CT molecular complexity index is 1340. The fourth-order valence-corrected chi connectivity index (χ4v) is 3.49. The van der Waals surface area contributed by atoms with Gasteiger partial charge in [-0.15, -0.1) is 0 Å². The number of hydrazone groups is 1. The third-order valence-electron chi connectivity index (χ3n) is 4.63. The molecular formula is C19H18Cl2F3N11O2. The zero-order chi connectivity index (χ0) is 27.3. The first kappa shape index (κ1) is 27.4. The zero-order valence-electron chi connectivity index (χ0n) is 18.5. The number of hydrogen-bond donors (Lipinski definition) is 5. The number of benzene rings is 1. The molecule has 0 unspecified atom stereocenters. The molecule has 0 saturated carbocycles. The van der Waals surface area contributed by atoms with Crippen molar-refractivity contribution in [2.24, 2.45) is 16.8 Å². The van der Waals surface area contributed by atoms with E-state index in [1.165, 1.54) is 30.3 Å². The molecule has 196 valence electrons. The van der Waals surface area contributed by atoms with Crippen molar-refractivity contribution in [3.8, 4) is 11.3 Å². The molecule has 2 aromatic heterocycles. The van der Waals surface area contributed by atoms with E-state index in [0.717, 1.165) is 6.20 Å². The molecule has 0 spiro atoms. The van der Waals surface area contributed by atoms with Gasteiger partial charge in [0.05, 0.1) is 16.1 Å². The van der Waals surface area contributed by atoms with Gasteiger partial charge in [-0.05, 0) is 24.3 Å². The summed E-state index contributed by atoms with van der Waals surface area (Å²) < 4.78 is 40.1. The summed E-state index contributed by atoms with van der Waals surface area (Å²) in [5.41, 5.74) is 5.09. The smallest absolute Gasteiger partial charge is 0.378 e. The number of hydrogen-bond acceptors (Lipinski definition) is 11. The van der Waals surface area contributed by atoms with Gasteiger partial charge in [-0.3, -0.25) is 15.1 Å². The first-order valence-electron chi connectivity index (χ1n) is 10.0. The lowest BCUT2D eigenvalue weighted by molar-refractivity contribution is -0.384. The molecule has 13 nitrogen and oxygen atoms in total. The Morgan fingerprint density at radius 1 is 1.16 bits per heavy atom. The molecule has 18 heteroatoms. The number of rotatable bonds is 8. The number of nitrogens with zero attached hydrogens (tertiary/aromatic N) is 6. The Balaban J connectivity index is 1.84. The second-order valence-electron chi connectivity index (χ2n) is 7.08. The molecule has 0 radical (unpaired) electrons. The topological polar surface area (TPSA) is 200 Å². The molecular weight excluding hydrogens is 542 g/mol. The van der Waals surface area contributed by atoms with Crippen LogP contribution in [0.5, 0.6) is 0 Å².